The Labute approximate surface area is 96.1 Å². The van der Waals surface area contributed by atoms with Crippen LogP contribution in [0.25, 0.3) is 0 Å². The molecular formula is C11H21N3O2. The van der Waals surface area contributed by atoms with Gasteiger partial charge in [0.1, 0.15) is 0 Å². The first-order valence-electron chi connectivity index (χ1n) is 5.89. The zero-order chi connectivity index (χ0) is 12.0. The Balaban J connectivity index is 2.21. The lowest BCUT2D eigenvalue weighted by Gasteiger charge is -2.23. The van der Waals surface area contributed by atoms with Crippen molar-refractivity contribution in [2.45, 2.75) is 51.1 Å². The van der Waals surface area contributed by atoms with E-state index in [4.69, 9.17) is 5.73 Å². The van der Waals surface area contributed by atoms with E-state index in [2.05, 4.69) is 10.6 Å². The fraction of sp³-hybridized carbons (Fsp3) is 0.818. The van der Waals surface area contributed by atoms with E-state index in [1.165, 1.54) is 12.8 Å². The molecule has 1 rings (SSSR count). The molecule has 0 saturated carbocycles. The first-order chi connectivity index (χ1) is 7.58. The Morgan fingerprint density at radius 2 is 2.25 bits per heavy atom. The van der Waals surface area contributed by atoms with E-state index in [0.717, 1.165) is 13.0 Å². The smallest absolute Gasteiger partial charge is 0.221 e. The summed E-state index contributed by atoms with van der Waals surface area (Å²) in [5.41, 5.74) is 5.05. The summed E-state index contributed by atoms with van der Waals surface area (Å²) in [6.07, 6.45) is 4.11. The van der Waals surface area contributed by atoms with Gasteiger partial charge in [-0.3, -0.25) is 9.59 Å². The van der Waals surface area contributed by atoms with Gasteiger partial charge in [0.05, 0.1) is 0 Å². The minimum absolute atomic E-state index is 0.00634. The summed E-state index contributed by atoms with van der Waals surface area (Å²) >= 11 is 0. The van der Waals surface area contributed by atoms with Crippen molar-refractivity contribution in [3.05, 3.63) is 0 Å². The highest BCUT2D eigenvalue weighted by Crippen LogP contribution is 2.09. The second-order valence-corrected chi connectivity index (χ2v) is 4.49. The van der Waals surface area contributed by atoms with Crippen LogP contribution in [0.4, 0.5) is 0 Å². The minimum Gasteiger partial charge on any atom is -0.370 e. The fourth-order valence-corrected chi connectivity index (χ4v) is 2.01. The van der Waals surface area contributed by atoms with Crippen LogP contribution < -0.4 is 16.4 Å². The number of piperidine rings is 1. The van der Waals surface area contributed by atoms with Crippen molar-refractivity contribution in [3.63, 3.8) is 0 Å². The molecule has 0 aromatic rings. The van der Waals surface area contributed by atoms with E-state index in [1.807, 2.05) is 0 Å². The van der Waals surface area contributed by atoms with Crippen molar-refractivity contribution in [1.82, 2.24) is 10.6 Å². The lowest BCUT2D eigenvalue weighted by Crippen LogP contribution is -2.41. The van der Waals surface area contributed by atoms with Crippen LogP contribution in [0.3, 0.4) is 0 Å². The molecule has 1 fully saturated rings. The monoisotopic (exact) mass is 227 g/mol. The molecule has 1 aliphatic rings. The van der Waals surface area contributed by atoms with Crippen molar-refractivity contribution >= 4 is 11.8 Å². The summed E-state index contributed by atoms with van der Waals surface area (Å²) in [5.74, 6) is -0.392. The number of hydrogen-bond acceptors (Lipinski definition) is 3. The molecular weight excluding hydrogens is 206 g/mol. The summed E-state index contributed by atoms with van der Waals surface area (Å²) in [4.78, 5) is 22.2. The molecule has 5 nitrogen and oxygen atoms in total. The molecule has 0 spiro atoms. The van der Waals surface area contributed by atoms with Crippen molar-refractivity contribution in [2.75, 3.05) is 6.54 Å². The third kappa shape index (κ3) is 5.11. The first-order valence-corrected chi connectivity index (χ1v) is 5.89. The number of nitrogens with two attached hydrogens (primary N) is 1. The zero-order valence-corrected chi connectivity index (χ0v) is 9.79. The predicted octanol–water partition coefficient (Wildman–Crippen LogP) is -0.101. The highest BCUT2D eigenvalue weighted by atomic mass is 16.2. The van der Waals surface area contributed by atoms with E-state index >= 15 is 0 Å². The van der Waals surface area contributed by atoms with Crippen LogP contribution in [0.2, 0.25) is 0 Å². The Bertz CT molecular complexity index is 250. The third-order valence-electron chi connectivity index (χ3n) is 2.76. The number of carbonyl (C=O) groups is 2. The Hall–Kier alpha value is -1.10. The highest BCUT2D eigenvalue weighted by molar-refractivity contribution is 5.79. The molecule has 0 radical (unpaired) electrons. The third-order valence-corrected chi connectivity index (χ3v) is 2.76. The van der Waals surface area contributed by atoms with Crippen LogP contribution in [0.5, 0.6) is 0 Å². The molecule has 0 aromatic heterocycles. The average Bonchev–Trinajstić information content (AvgIpc) is 2.17. The molecule has 2 atom stereocenters. The molecule has 0 aliphatic carbocycles. The van der Waals surface area contributed by atoms with E-state index in [-0.39, 0.29) is 30.3 Å². The normalized spacial score (nSPS) is 22.4. The number of amides is 2. The standard InChI is InChI=1S/C11H21N3O2/c1-8(6-10(12)15)14-11(16)7-9-4-2-3-5-13-9/h8-9,13H,2-7H2,1H3,(H2,12,15)(H,14,16). The van der Waals surface area contributed by atoms with E-state index in [1.54, 1.807) is 6.92 Å². The van der Waals surface area contributed by atoms with Gasteiger partial charge in [-0.25, -0.2) is 0 Å². The van der Waals surface area contributed by atoms with Crippen LogP contribution in [0, 0.1) is 0 Å². The van der Waals surface area contributed by atoms with Crippen LogP contribution in [0.1, 0.15) is 39.0 Å². The number of carbonyl (C=O) groups excluding carboxylic acids is 2. The van der Waals surface area contributed by atoms with Gasteiger partial charge in [0.15, 0.2) is 0 Å². The minimum atomic E-state index is -0.386. The van der Waals surface area contributed by atoms with Gasteiger partial charge < -0.3 is 16.4 Å². The van der Waals surface area contributed by atoms with Gasteiger partial charge >= 0.3 is 0 Å². The van der Waals surface area contributed by atoms with Gasteiger partial charge in [-0.15, -0.1) is 0 Å². The summed E-state index contributed by atoms with van der Waals surface area (Å²) in [5, 5.41) is 6.09. The van der Waals surface area contributed by atoms with E-state index in [0.29, 0.717) is 6.42 Å². The van der Waals surface area contributed by atoms with Gasteiger partial charge in [-0.05, 0) is 26.3 Å². The molecule has 0 bridgehead atoms. The SMILES string of the molecule is CC(CC(N)=O)NC(=O)CC1CCCCN1. The number of rotatable bonds is 5. The van der Waals surface area contributed by atoms with E-state index < -0.39 is 0 Å². The average molecular weight is 227 g/mol. The van der Waals surface area contributed by atoms with Crippen molar-refractivity contribution in [3.8, 4) is 0 Å². The highest BCUT2D eigenvalue weighted by Gasteiger charge is 2.17. The van der Waals surface area contributed by atoms with Crippen molar-refractivity contribution < 1.29 is 9.59 Å². The second-order valence-electron chi connectivity index (χ2n) is 4.49. The lowest BCUT2D eigenvalue weighted by molar-refractivity contribution is -0.122. The summed E-state index contributed by atoms with van der Waals surface area (Å²) in [7, 11) is 0. The topological polar surface area (TPSA) is 84.2 Å². The van der Waals surface area contributed by atoms with Crippen LogP contribution in [-0.2, 0) is 9.59 Å². The van der Waals surface area contributed by atoms with Crippen LogP contribution in [0.15, 0.2) is 0 Å². The molecule has 4 N–H and O–H groups in total. The molecule has 92 valence electrons. The summed E-state index contributed by atoms with van der Waals surface area (Å²) in [6, 6.07) is 0.114. The van der Waals surface area contributed by atoms with Crippen LogP contribution >= 0.6 is 0 Å². The van der Waals surface area contributed by atoms with Gasteiger partial charge in [0.25, 0.3) is 0 Å². The summed E-state index contributed by atoms with van der Waals surface area (Å²) in [6.45, 7) is 2.78. The number of primary amides is 1. The second kappa shape index (κ2) is 6.48. The molecule has 5 heteroatoms. The molecule has 2 amide bonds. The molecule has 0 aromatic carbocycles. The van der Waals surface area contributed by atoms with Crippen molar-refractivity contribution in [2.24, 2.45) is 5.73 Å². The maximum absolute atomic E-state index is 11.6. The van der Waals surface area contributed by atoms with Gasteiger partial charge in [0, 0.05) is 24.9 Å². The zero-order valence-electron chi connectivity index (χ0n) is 9.79. The number of hydrogen-bond donors (Lipinski definition) is 3. The number of nitrogens with one attached hydrogen (secondary N) is 2. The molecule has 1 saturated heterocycles. The predicted molar refractivity (Wildman–Crippen MR) is 61.7 cm³/mol. The fourth-order valence-electron chi connectivity index (χ4n) is 2.01. The van der Waals surface area contributed by atoms with Gasteiger partial charge in [-0.2, -0.15) is 0 Å². The molecule has 1 aliphatic heterocycles. The Morgan fingerprint density at radius 3 is 2.81 bits per heavy atom. The summed E-state index contributed by atoms with van der Waals surface area (Å²) < 4.78 is 0. The molecule has 1 heterocycles. The molecule has 2 unspecified atom stereocenters. The largest absolute Gasteiger partial charge is 0.370 e. The van der Waals surface area contributed by atoms with Crippen LogP contribution in [-0.4, -0.2) is 30.4 Å². The Kier molecular flexibility index (Phi) is 5.25. The molecule has 16 heavy (non-hydrogen) atoms. The van der Waals surface area contributed by atoms with E-state index in [9.17, 15) is 9.59 Å². The maximum atomic E-state index is 11.6. The Morgan fingerprint density at radius 1 is 1.50 bits per heavy atom. The maximum Gasteiger partial charge on any atom is 0.221 e. The quantitative estimate of drug-likeness (QED) is 0.613. The van der Waals surface area contributed by atoms with Gasteiger partial charge in [-0.1, -0.05) is 6.42 Å². The first kappa shape index (κ1) is 13.0. The van der Waals surface area contributed by atoms with Crippen molar-refractivity contribution in [1.29, 1.82) is 0 Å². The lowest BCUT2D eigenvalue weighted by atomic mass is 10.0. The van der Waals surface area contributed by atoms with Gasteiger partial charge in [0.2, 0.25) is 11.8 Å².